The number of hydrogen-bond donors (Lipinski definition) is 0. The van der Waals surface area contributed by atoms with E-state index in [9.17, 15) is 13.6 Å². The van der Waals surface area contributed by atoms with Crippen LogP contribution in [0.15, 0.2) is 47.3 Å². The molecule has 0 amide bonds. The second-order valence-electron chi connectivity index (χ2n) is 7.49. The Balaban J connectivity index is 1.93. The van der Waals surface area contributed by atoms with Gasteiger partial charge in [0.05, 0.1) is 12.8 Å². The summed E-state index contributed by atoms with van der Waals surface area (Å²) >= 11 is 0. The Labute approximate surface area is 166 Å². The first-order valence-corrected chi connectivity index (χ1v) is 9.45. The molecule has 0 radical (unpaired) electrons. The summed E-state index contributed by atoms with van der Waals surface area (Å²) in [5.41, 5.74) is 1.96. The Hall–Kier alpha value is -3.02. The van der Waals surface area contributed by atoms with Gasteiger partial charge >= 0.3 is 0 Å². The number of fused-ring (bicyclic) bond motifs is 1. The van der Waals surface area contributed by atoms with E-state index >= 15 is 4.39 Å². The zero-order valence-electron chi connectivity index (χ0n) is 16.1. The zero-order valence-corrected chi connectivity index (χ0v) is 16.1. The second-order valence-corrected chi connectivity index (χ2v) is 7.49. The molecule has 1 unspecified atom stereocenters. The molecule has 3 aromatic rings. The molecule has 150 valence electrons. The van der Waals surface area contributed by atoms with Crippen molar-refractivity contribution in [3.63, 3.8) is 0 Å². The van der Waals surface area contributed by atoms with E-state index in [1.807, 2.05) is 6.07 Å². The summed E-state index contributed by atoms with van der Waals surface area (Å²) in [6, 6.07) is 8.70. The average molecular weight is 399 g/mol. The largest absolute Gasteiger partial charge is 0.495 e. The smallest absolute Gasteiger partial charge is 0.255 e. The normalized spacial score (nSPS) is 15.8. The van der Waals surface area contributed by atoms with Crippen LogP contribution in [-0.2, 0) is 12.8 Å². The van der Waals surface area contributed by atoms with Gasteiger partial charge in [-0.05, 0) is 54.5 Å². The summed E-state index contributed by atoms with van der Waals surface area (Å²) in [6.45, 7) is 2.12. The number of hydrogen-bond acceptors (Lipinski definition) is 2. The van der Waals surface area contributed by atoms with Gasteiger partial charge in [0.15, 0.2) is 0 Å². The number of nitrogens with zero attached hydrogens (tertiary/aromatic N) is 1. The fourth-order valence-electron chi connectivity index (χ4n) is 3.98. The van der Waals surface area contributed by atoms with Crippen LogP contribution < -0.4 is 10.3 Å². The number of rotatable bonds is 3. The average Bonchev–Trinajstić information content (AvgIpc) is 2.67. The maximum atomic E-state index is 15.0. The summed E-state index contributed by atoms with van der Waals surface area (Å²) in [6.07, 6.45) is 2.58. The van der Waals surface area contributed by atoms with Crippen LogP contribution in [-0.4, -0.2) is 11.7 Å². The van der Waals surface area contributed by atoms with E-state index in [2.05, 4.69) is 6.92 Å². The molecule has 3 nitrogen and oxygen atoms in total. The number of halogens is 3. The molecule has 1 aliphatic carbocycles. The van der Waals surface area contributed by atoms with Crippen LogP contribution in [0.4, 0.5) is 13.2 Å². The lowest BCUT2D eigenvalue weighted by Gasteiger charge is -2.26. The van der Waals surface area contributed by atoms with Crippen LogP contribution in [0.5, 0.6) is 5.75 Å². The van der Waals surface area contributed by atoms with Gasteiger partial charge in [0.25, 0.3) is 5.56 Å². The molecule has 1 heterocycles. The number of aryl methyl sites for hydroxylation is 1. The van der Waals surface area contributed by atoms with E-state index in [0.717, 1.165) is 42.3 Å². The summed E-state index contributed by atoms with van der Waals surface area (Å²) in [4.78, 5) is 12.7. The minimum absolute atomic E-state index is 0.00443. The molecular formula is C23H20F3NO2. The molecule has 0 bridgehead atoms. The van der Waals surface area contributed by atoms with Gasteiger partial charge < -0.3 is 4.74 Å². The van der Waals surface area contributed by atoms with Crippen molar-refractivity contribution in [3.05, 3.63) is 81.5 Å². The van der Waals surface area contributed by atoms with E-state index in [4.69, 9.17) is 4.74 Å². The first kappa shape index (κ1) is 19.3. The Morgan fingerprint density at radius 2 is 1.76 bits per heavy atom. The van der Waals surface area contributed by atoms with Crippen molar-refractivity contribution >= 4 is 0 Å². The molecule has 0 saturated heterocycles. The molecule has 0 aliphatic heterocycles. The summed E-state index contributed by atoms with van der Waals surface area (Å²) in [5, 5.41) is 0. The molecule has 0 saturated carbocycles. The van der Waals surface area contributed by atoms with Crippen molar-refractivity contribution in [1.29, 1.82) is 0 Å². The first-order chi connectivity index (χ1) is 13.9. The molecule has 0 spiro atoms. The number of aromatic nitrogens is 1. The van der Waals surface area contributed by atoms with E-state index in [1.165, 1.54) is 29.9 Å². The van der Waals surface area contributed by atoms with E-state index < -0.39 is 17.5 Å². The van der Waals surface area contributed by atoms with Gasteiger partial charge in [0.1, 0.15) is 23.2 Å². The molecule has 6 heteroatoms. The van der Waals surface area contributed by atoms with Crippen LogP contribution in [0.1, 0.15) is 24.6 Å². The first-order valence-electron chi connectivity index (χ1n) is 9.45. The fourth-order valence-corrected chi connectivity index (χ4v) is 3.98. The summed E-state index contributed by atoms with van der Waals surface area (Å²) in [7, 11) is 1.41. The molecule has 0 fully saturated rings. The number of ether oxygens (including phenoxy) is 1. The summed E-state index contributed by atoms with van der Waals surface area (Å²) < 4.78 is 49.2. The third kappa shape index (κ3) is 3.55. The third-order valence-corrected chi connectivity index (χ3v) is 5.42. The minimum Gasteiger partial charge on any atom is -0.495 e. The maximum absolute atomic E-state index is 15.0. The zero-order chi connectivity index (χ0) is 20.7. The highest BCUT2D eigenvalue weighted by Gasteiger charge is 2.23. The number of benzene rings is 2. The second kappa shape index (κ2) is 7.43. The van der Waals surface area contributed by atoms with E-state index in [0.29, 0.717) is 12.3 Å². The highest BCUT2D eigenvalue weighted by atomic mass is 19.1. The van der Waals surface area contributed by atoms with Gasteiger partial charge in [0, 0.05) is 29.5 Å². The van der Waals surface area contributed by atoms with Crippen LogP contribution in [0.2, 0.25) is 0 Å². The lowest BCUT2D eigenvalue weighted by Crippen LogP contribution is -2.27. The van der Waals surface area contributed by atoms with Crippen molar-refractivity contribution in [2.45, 2.75) is 26.2 Å². The predicted molar refractivity (Wildman–Crippen MR) is 105 cm³/mol. The lowest BCUT2D eigenvalue weighted by atomic mass is 9.88. The molecule has 1 aliphatic rings. The highest BCUT2D eigenvalue weighted by Crippen LogP contribution is 2.35. The Morgan fingerprint density at radius 3 is 2.45 bits per heavy atom. The van der Waals surface area contributed by atoms with E-state index in [-0.39, 0.29) is 28.1 Å². The number of pyridine rings is 1. The standard InChI is InChI=1S/C23H20F3NO2/c1-13-3-4-14-5-6-23(28)27(20(14)7-13)21-12-19(26)18(11-22(21)29-2)15-8-16(24)10-17(25)9-15/h5-6,8-13H,3-4,7H2,1-2H3. The van der Waals surface area contributed by atoms with Gasteiger partial charge in [-0.3, -0.25) is 9.36 Å². The Bertz CT molecular complexity index is 1130. The third-order valence-electron chi connectivity index (χ3n) is 5.42. The Morgan fingerprint density at radius 1 is 1.03 bits per heavy atom. The fraction of sp³-hybridized carbons (Fsp3) is 0.261. The van der Waals surface area contributed by atoms with Crippen molar-refractivity contribution in [2.75, 3.05) is 7.11 Å². The molecule has 1 aromatic heterocycles. The predicted octanol–water partition coefficient (Wildman–Crippen LogP) is 5.06. The van der Waals surface area contributed by atoms with Crippen LogP contribution in [0, 0.1) is 23.4 Å². The van der Waals surface area contributed by atoms with Crippen LogP contribution >= 0.6 is 0 Å². The van der Waals surface area contributed by atoms with Crippen molar-refractivity contribution in [2.24, 2.45) is 5.92 Å². The molecule has 4 rings (SSSR count). The van der Waals surface area contributed by atoms with E-state index in [1.54, 1.807) is 0 Å². The molecule has 0 N–H and O–H groups in total. The van der Waals surface area contributed by atoms with Gasteiger partial charge in [-0.2, -0.15) is 0 Å². The monoisotopic (exact) mass is 399 g/mol. The van der Waals surface area contributed by atoms with Gasteiger partial charge in [-0.1, -0.05) is 13.0 Å². The van der Waals surface area contributed by atoms with Crippen LogP contribution in [0.3, 0.4) is 0 Å². The molecule has 29 heavy (non-hydrogen) atoms. The van der Waals surface area contributed by atoms with Gasteiger partial charge in [-0.15, -0.1) is 0 Å². The molecular weight excluding hydrogens is 379 g/mol. The van der Waals surface area contributed by atoms with Crippen molar-refractivity contribution < 1.29 is 17.9 Å². The molecule has 1 atom stereocenters. The topological polar surface area (TPSA) is 31.2 Å². The Kier molecular flexibility index (Phi) is 4.94. The van der Waals surface area contributed by atoms with Crippen LogP contribution in [0.25, 0.3) is 16.8 Å². The molecule has 2 aromatic carbocycles. The maximum Gasteiger partial charge on any atom is 0.255 e. The van der Waals surface area contributed by atoms with Gasteiger partial charge in [0.2, 0.25) is 0 Å². The minimum atomic E-state index is -0.801. The van der Waals surface area contributed by atoms with Crippen molar-refractivity contribution in [3.8, 4) is 22.6 Å². The quantitative estimate of drug-likeness (QED) is 0.617. The van der Waals surface area contributed by atoms with Gasteiger partial charge in [-0.25, -0.2) is 13.2 Å². The van der Waals surface area contributed by atoms with Crippen molar-refractivity contribution in [1.82, 2.24) is 4.57 Å². The SMILES string of the molecule is COc1cc(-c2cc(F)cc(F)c2)c(F)cc1-n1c2c(ccc1=O)CCC(C)C2. The highest BCUT2D eigenvalue weighted by molar-refractivity contribution is 5.69. The number of methoxy groups -OCH3 is 1. The lowest BCUT2D eigenvalue weighted by molar-refractivity contribution is 0.409. The summed E-state index contributed by atoms with van der Waals surface area (Å²) in [5.74, 6) is -1.64.